The van der Waals surface area contributed by atoms with Gasteiger partial charge in [0.05, 0.1) is 12.7 Å². The Balaban J connectivity index is 2.19. The van der Waals surface area contributed by atoms with Gasteiger partial charge in [-0.2, -0.15) is 0 Å². The summed E-state index contributed by atoms with van der Waals surface area (Å²) in [5.41, 5.74) is 0.317. The van der Waals surface area contributed by atoms with Gasteiger partial charge in [0.2, 0.25) is 0 Å². The smallest absolute Gasteiger partial charge is 0.257 e. The van der Waals surface area contributed by atoms with E-state index in [0.717, 1.165) is 6.54 Å². The lowest BCUT2D eigenvalue weighted by Gasteiger charge is -2.21. The van der Waals surface area contributed by atoms with Gasteiger partial charge in [0.25, 0.3) is 5.91 Å². The zero-order valence-corrected chi connectivity index (χ0v) is 10.8. The number of methoxy groups -OCH3 is 1. The second-order valence-corrected chi connectivity index (χ2v) is 4.67. The molecule has 0 heterocycles. The zero-order chi connectivity index (χ0) is 13.1. The summed E-state index contributed by atoms with van der Waals surface area (Å²) >= 11 is 0. The number of ether oxygens (including phenoxy) is 1. The molecular formula is C14H19NO3. The Bertz CT molecular complexity index is 441. The van der Waals surface area contributed by atoms with E-state index in [4.69, 9.17) is 4.74 Å². The van der Waals surface area contributed by atoms with Gasteiger partial charge in [-0.05, 0) is 43.9 Å². The molecule has 1 fully saturated rings. The van der Waals surface area contributed by atoms with Crippen LogP contribution in [-0.4, -0.2) is 36.1 Å². The van der Waals surface area contributed by atoms with Crippen LogP contribution < -0.4 is 4.74 Å². The molecule has 4 heteroatoms. The molecule has 0 radical (unpaired) electrons. The predicted molar refractivity (Wildman–Crippen MR) is 69.0 cm³/mol. The maximum absolute atomic E-state index is 12.3. The minimum atomic E-state index is -0.124. The standard InChI is InChI=1S/C14H19NO3/c1-3-15(9-10-4-5-10)14(17)12-8-11(18-2)6-7-13(12)16/h6-8,10,16H,3-5,9H2,1-2H3. The molecule has 1 amide bonds. The number of phenols is 1. The molecule has 0 unspecified atom stereocenters. The van der Waals surface area contributed by atoms with E-state index in [-0.39, 0.29) is 11.7 Å². The Morgan fingerprint density at radius 3 is 2.78 bits per heavy atom. The molecule has 0 aromatic heterocycles. The van der Waals surface area contributed by atoms with Crippen molar-refractivity contribution in [3.63, 3.8) is 0 Å². The molecule has 0 bridgehead atoms. The van der Waals surface area contributed by atoms with Crippen LogP contribution in [0.4, 0.5) is 0 Å². The molecule has 0 aliphatic heterocycles. The highest BCUT2D eigenvalue weighted by atomic mass is 16.5. The number of rotatable bonds is 5. The maximum atomic E-state index is 12.3. The SMILES string of the molecule is CCN(CC1CC1)C(=O)c1cc(OC)ccc1O. The van der Waals surface area contributed by atoms with Crippen molar-refractivity contribution in [1.29, 1.82) is 0 Å². The lowest BCUT2D eigenvalue weighted by Crippen LogP contribution is -2.32. The van der Waals surface area contributed by atoms with Crippen LogP contribution in [0.1, 0.15) is 30.1 Å². The molecule has 0 atom stereocenters. The van der Waals surface area contributed by atoms with Gasteiger partial charge >= 0.3 is 0 Å². The highest BCUT2D eigenvalue weighted by molar-refractivity contribution is 5.97. The van der Waals surface area contributed by atoms with Gasteiger partial charge in [0.1, 0.15) is 11.5 Å². The molecule has 1 N–H and O–H groups in total. The van der Waals surface area contributed by atoms with Crippen molar-refractivity contribution >= 4 is 5.91 Å². The third-order valence-corrected chi connectivity index (χ3v) is 3.28. The highest BCUT2D eigenvalue weighted by Crippen LogP contribution is 2.31. The van der Waals surface area contributed by atoms with E-state index in [1.54, 1.807) is 24.1 Å². The first-order valence-electron chi connectivity index (χ1n) is 6.32. The third kappa shape index (κ3) is 2.75. The second kappa shape index (κ2) is 5.29. The van der Waals surface area contributed by atoms with Gasteiger partial charge in [-0.25, -0.2) is 0 Å². The summed E-state index contributed by atoms with van der Waals surface area (Å²) in [5.74, 6) is 1.11. The van der Waals surface area contributed by atoms with Crippen molar-refractivity contribution < 1.29 is 14.6 Å². The van der Waals surface area contributed by atoms with Gasteiger partial charge in [0.15, 0.2) is 0 Å². The lowest BCUT2D eigenvalue weighted by molar-refractivity contribution is 0.0753. The normalized spacial score (nSPS) is 14.3. The Kier molecular flexibility index (Phi) is 3.75. The molecule has 2 rings (SSSR count). The first kappa shape index (κ1) is 12.7. The summed E-state index contributed by atoms with van der Waals surface area (Å²) in [6.45, 7) is 3.40. The summed E-state index contributed by atoms with van der Waals surface area (Å²) in [7, 11) is 1.54. The minimum absolute atomic E-state index is 0.00930. The van der Waals surface area contributed by atoms with Crippen molar-refractivity contribution in [2.45, 2.75) is 19.8 Å². The number of benzene rings is 1. The summed E-state index contributed by atoms with van der Waals surface area (Å²) in [4.78, 5) is 14.1. The largest absolute Gasteiger partial charge is 0.507 e. The number of carbonyl (C=O) groups excluding carboxylic acids is 1. The number of aromatic hydroxyl groups is 1. The number of hydrogen-bond acceptors (Lipinski definition) is 3. The Hall–Kier alpha value is -1.71. The molecular weight excluding hydrogens is 230 g/mol. The van der Waals surface area contributed by atoms with Crippen LogP contribution in [-0.2, 0) is 0 Å². The molecule has 4 nitrogen and oxygen atoms in total. The van der Waals surface area contributed by atoms with E-state index in [1.165, 1.54) is 18.9 Å². The van der Waals surface area contributed by atoms with Crippen LogP contribution in [0.2, 0.25) is 0 Å². The summed E-state index contributed by atoms with van der Waals surface area (Å²) in [6.07, 6.45) is 2.40. The molecule has 0 spiro atoms. The average molecular weight is 249 g/mol. The lowest BCUT2D eigenvalue weighted by atomic mass is 10.1. The quantitative estimate of drug-likeness (QED) is 0.871. The second-order valence-electron chi connectivity index (χ2n) is 4.67. The minimum Gasteiger partial charge on any atom is -0.507 e. The van der Waals surface area contributed by atoms with E-state index in [1.807, 2.05) is 6.92 Å². The van der Waals surface area contributed by atoms with Gasteiger partial charge < -0.3 is 14.7 Å². The Morgan fingerprint density at radius 2 is 2.22 bits per heavy atom. The fraction of sp³-hybridized carbons (Fsp3) is 0.500. The topological polar surface area (TPSA) is 49.8 Å². The molecule has 1 aliphatic rings. The van der Waals surface area contributed by atoms with Crippen molar-refractivity contribution in [2.24, 2.45) is 5.92 Å². The van der Waals surface area contributed by atoms with Crippen LogP contribution in [0.15, 0.2) is 18.2 Å². The third-order valence-electron chi connectivity index (χ3n) is 3.28. The van der Waals surface area contributed by atoms with Crippen LogP contribution in [0.25, 0.3) is 0 Å². The fourth-order valence-electron chi connectivity index (χ4n) is 1.95. The van der Waals surface area contributed by atoms with E-state index >= 15 is 0 Å². The molecule has 0 saturated heterocycles. The Morgan fingerprint density at radius 1 is 1.50 bits per heavy atom. The van der Waals surface area contributed by atoms with Gasteiger partial charge in [-0.1, -0.05) is 0 Å². The predicted octanol–water partition coefficient (Wildman–Crippen LogP) is 2.27. The number of nitrogens with zero attached hydrogens (tertiary/aromatic N) is 1. The molecule has 1 aromatic rings. The highest BCUT2D eigenvalue weighted by Gasteiger charge is 2.27. The Labute approximate surface area is 107 Å². The molecule has 98 valence electrons. The van der Waals surface area contributed by atoms with Crippen molar-refractivity contribution in [1.82, 2.24) is 4.90 Å². The average Bonchev–Trinajstić information content (AvgIpc) is 3.19. The summed E-state index contributed by atoms with van der Waals surface area (Å²) in [5, 5.41) is 9.79. The number of carbonyl (C=O) groups is 1. The number of hydrogen-bond donors (Lipinski definition) is 1. The van der Waals surface area contributed by atoms with Gasteiger partial charge in [-0.3, -0.25) is 4.79 Å². The monoisotopic (exact) mass is 249 g/mol. The zero-order valence-electron chi connectivity index (χ0n) is 10.8. The molecule has 1 aliphatic carbocycles. The van der Waals surface area contributed by atoms with E-state index in [0.29, 0.717) is 23.8 Å². The van der Waals surface area contributed by atoms with Crippen LogP contribution in [0.5, 0.6) is 11.5 Å². The molecule has 18 heavy (non-hydrogen) atoms. The number of amides is 1. The van der Waals surface area contributed by atoms with Crippen LogP contribution >= 0.6 is 0 Å². The first-order chi connectivity index (χ1) is 8.65. The summed E-state index contributed by atoms with van der Waals surface area (Å²) in [6, 6.07) is 4.73. The fourth-order valence-corrected chi connectivity index (χ4v) is 1.95. The van der Waals surface area contributed by atoms with E-state index < -0.39 is 0 Å². The van der Waals surface area contributed by atoms with Gasteiger partial charge in [0, 0.05) is 13.1 Å². The van der Waals surface area contributed by atoms with Crippen molar-refractivity contribution in [3.8, 4) is 11.5 Å². The molecule has 1 aromatic carbocycles. The first-order valence-corrected chi connectivity index (χ1v) is 6.32. The maximum Gasteiger partial charge on any atom is 0.257 e. The van der Waals surface area contributed by atoms with Crippen LogP contribution in [0, 0.1) is 5.92 Å². The molecule has 1 saturated carbocycles. The summed E-state index contributed by atoms with van der Waals surface area (Å²) < 4.78 is 5.08. The van der Waals surface area contributed by atoms with E-state index in [9.17, 15) is 9.90 Å². The van der Waals surface area contributed by atoms with Crippen LogP contribution in [0.3, 0.4) is 0 Å². The van der Waals surface area contributed by atoms with Crippen molar-refractivity contribution in [2.75, 3.05) is 20.2 Å². The van der Waals surface area contributed by atoms with E-state index in [2.05, 4.69) is 0 Å². The van der Waals surface area contributed by atoms with Crippen molar-refractivity contribution in [3.05, 3.63) is 23.8 Å². The van der Waals surface area contributed by atoms with Gasteiger partial charge in [-0.15, -0.1) is 0 Å². The number of phenolic OH excluding ortho intramolecular Hbond substituents is 1.